The van der Waals surface area contributed by atoms with Gasteiger partial charge in [0.05, 0.1) is 10.2 Å². The molecule has 2 N–H and O–H groups in total. The second-order valence-electron chi connectivity index (χ2n) is 4.30. The van der Waals surface area contributed by atoms with Gasteiger partial charge in [-0.2, -0.15) is 0 Å². The fourth-order valence-corrected chi connectivity index (χ4v) is 4.36. The molecule has 3 nitrogen and oxygen atoms in total. The lowest BCUT2D eigenvalue weighted by molar-refractivity contribution is 0.599. The highest BCUT2D eigenvalue weighted by molar-refractivity contribution is 7.91. The van der Waals surface area contributed by atoms with Crippen molar-refractivity contribution >= 4 is 38.6 Å². The Morgan fingerprint density at radius 1 is 1.35 bits per heavy atom. The maximum absolute atomic E-state index is 11.6. The van der Waals surface area contributed by atoms with Crippen LogP contribution in [0.15, 0.2) is 24.3 Å². The molecule has 1 saturated carbocycles. The summed E-state index contributed by atoms with van der Waals surface area (Å²) in [6.45, 7) is 0. The van der Waals surface area contributed by atoms with Crippen LogP contribution in [0.4, 0.5) is 0 Å². The van der Waals surface area contributed by atoms with Gasteiger partial charge in [-0.1, -0.05) is 36.0 Å². The molecular weight excluding hydrogens is 278 g/mol. The summed E-state index contributed by atoms with van der Waals surface area (Å²) >= 11 is 10.7. The van der Waals surface area contributed by atoms with E-state index in [2.05, 4.69) is 0 Å². The highest BCUT2D eigenvalue weighted by atomic mass is 35.5. The maximum atomic E-state index is 11.6. The summed E-state index contributed by atoms with van der Waals surface area (Å²) in [6, 6.07) is 7.13. The number of nitrogens with two attached hydrogens (primary N) is 1. The zero-order valence-electron chi connectivity index (χ0n) is 9.13. The number of rotatable bonds is 3. The summed E-state index contributed by atoms with van der Waals surface area (Å²) in [6.07, 6.45) is 1.22. The lowest BCUT2D eigenvalue weighted by atomic mass is 10.1. The number of thiocarbonyl (C=S) groups is 1. The van der Waals surface area contributed by atoms with Crippen LogP contribution in [0, 0.1) is 5.92 Å². The molecule has 0 spiro atoms. The minimum absolute atomic E-state index is 0.125. The van der Waals surface area contributed by atoms with E-state index in [0.717, 1.165) is 5.56 Å². The third-order valence-corrected chi connectivity index (χ3v) is 5.13. The van der Waals surface area contributed by atoms with Crippen LogP contribution in [0.5, 0.6) is 0 Å². The van der Waals surface area contributed by atoms with Crippen LogP contribution in [0.25, 0.3) is 0 Å². The molecule has 1 aliphatic carbocycles. The summed E-state index contributed by atoms with van der Waals surface area (Å²) < 4.78 is 23.2. The van der Waals surface area contributed by atoms with Gasteiger partial charge in [-0.05, 0) is 17.7 Å². The first-order valence-corrected chi connectivity index (χ1v) is 7.80. The van der Waals surface area contributed by atoms with Gasteiger partial charge in [0.15, 0.2) is 9.84 Å². The molecule has 0 saturated heterocycles. The maximum Gasteiger partial charge on any atom is 0.151 e. The molecule has 0 bridgehead atoms. The predicted octanol–water partition coefficient (Wildman–Crippen LogP) is 1.75. The van der Waals surface area contributed by atoms with E-state index in [1.165, 1.54) is 6.26 Å². The first-order valence-electron chi connectivity index (χ1n) is 5.06. The molecule has 2 rings (SSSR count). The number of benzene rings is 1. The van der Waals surface area contributed by atoms with Crippen molar-refractivity contribution in [3.63, 3.8) is 0 Å². The topological polar surface area (TPSA) is 60.2 Å². The van der Waals surface area contributed by atoms with E-state index in [0.29, 0.717) is 5.02 Å². The lowest BCUT2D eigenvalue weighted by Crippen LogP contribution is -2.16. The largest absolute Gasteiger partial charge is 0.393 e. The van der Waals surface area contributed by atoms with Crippen LogP contribution in [-0.2, 0) is 9.84 Å². The minimum Gasteiger partial charge on any atom is -0.393 e. The van der Waals surface area contributed by atoms with Crippen LogP contribution >= 0.6 is 23.8 Å². The Bertz CT molecular complexity index is 553. The summed E-state index contributed by atoms with van der Waals surface area (Å²) in [5.41, 5.74) is 6.50. The normalized spacial score (nSPS) is 27.8. The van der Waals surface area contributed by atoms with Crippen molar-refractivity contribution in [2.24, 2.45) is 11.7 Å². The molecule has 3 atom stereocenters. The van der Waals surface area contributed by atoms with E-state index in [4.69, 9.17) is 29.6 Å². The van der Waals surface area contributed by atoms with Crippen molar-refractivity contribution in [3.8, 4) is 0 Å². The molecule has 1 aliphatic rings. The molecule has 0 amide bonds. The standard InChI is InChI=1S/C11H12ClNO2S2/c1-17(14,15)10-8(9(10)11(13)16)6-2-4-7(12)5-3-6/h2-5,8-10H,1H3,(H2,13,16)/t8-,9+,10+/m1/s1. The highest BCUT2D eigenvalue weighted by Crippen LogP contribution is 2.52. The van der Waals surface area contributed by atoms with Gasteiger partial charge in [-0.15, -0.1) is 0 Å². The molecule has 1 aromatic rings. The van der Waals surface area contributed by atoms with Gasteiger partial charge < -0.3 is 5.73 Å². The molecule has 17 heavy (non-hydrogen) atoms. The third kappa shape index (κ3) is 2.46. The molecule has 0 radical (unpaired) electrons. The fraction of sp³-hybridized carbons (Fsp3) is 0.364. The van der Waals surface area contributed by atoms with Gasteiger partial charge in [0.2, 0.25) is 0 Å². The van der Waals surface area contributed by atoms with Gasteiger partial charge in [-0.25, -0.2) is 8.42 Å². The zero-order valence-corrected chi connectivity index (χ0v) is 11.5. The Hall–Kier alpha value is -0.650. The Kier molecular flexibility index (Phi) is 3.18. The van der Waals surface area contributed by atoms with Crippen LogP contribution in [0.2, 0.25) is 5.02 Å². The van der Waals surface area contributed by atoms with Crippen molar-refractivity contribution in [2.75, 3.05) is 6.26 Å². The molecular formula is C11H12ClNO2S2. The van der Waals surface area contributed by atoms with E-state index in [9.17, 15) is 8.42 Å². The van der Waals surface area contributed by atoms with Crippen LogP contribution in [0.3, 0.4) is 0 Å². The lowest BCUT2D eigenvalue weighted by Gasteiger charge is -1.99. The Morgan fingerprint density at radius 3 is 2.24 bits per heavy atom. The van der Waals surface area contributed by atoms with Gasteiger partial charge >= 0.3 is 0 Å². The van der Waals surface area contributed by atoms with Crippen molar-refractivity contribution in [1.82, 2.24) is 0 Å². The number of halogens is 1. The average molecular weight is 290 g/mol. The van der Waals surface area contributed by atoms with Gasteiger partial charge in [0.25, 0.3) is 0 Å². The summed E-state index contributed by atoms with van der Waals surface area (Å²) in [5, 5.41) is 0.137. The minimum atomic E-state index is -3.13. The molecule has 0 unspecified atom stereocenters. The van der Waals surface area contributed by atoms with E-state index >= 15 is 0 Å². The molecule has 1 aromatic carbocycles. The first kappa shape index (κ1) is 12.8. The zero-order chi connectivity index (χ0) is 12.8. The average Bonchev–Trinajstić information content (AvgIpc) is 2.93. The number of hydrogen-bond acceptors (Lipinski definition) is 3. The first-order chi connectivity index (χ1) is 7.82. The molecule has 6 heteroatoms. The predicted molar refractivity (Wildman–Crippen MR) is 73.1 cm³/mol. The molecule has 0 aromatic heterocycles. The van der Waals surface area contributed by atoms with Crippen LogP contribution in [-0.4, -0.2) is 24.9 Å². The van der Waals surface area contributed by atoms with Crippen LogP contribution < -0.4 is 5.73 Å². The summed E-state index contributed by atoms with van der Waals surface area (Å²) in [7, 11) is -3.13. The number of hydrogen-bond donors (Lipinski definition) is 1. The molecule has 92 valence electrons. The smallest absolute Gasteiger partial charge is 0.151 e. The monoisotopic (exact) mass is 289 g/mol. The third-order valence-electron chi connectivity index (χ3n) is 3.03. The van der Waals surface area contributed by atoms with Gasteiger partial charge in [-0.3, -0.25) is 0 Å². The van der Waals surface area contributed by atoms with E-state index < -0.39 is 15.1 Å². The van der Waals surface area contributed by atoms with Crippen molar-refractivity contribution in [3.05, 3.63) is 34.9 Å². The second kappa shape index (κ2) is 4.23. The van der Waals surface area contributed by atoms with E-state index in [1.807, 2.05) is 12.1 Å². The van der Waals surface area contributed by atoms with Crippen molar-refractivity contribution in [2.45, 2.75) is 11.2 Å². The summed E-state index contributed by atoms with van der Waals surface area (Å²) in [4.78, 5) is 0.264. The van der Waals surface area contributed by atoms with Crippen molar-refractivity contribution < 1.29 is 8.42 Å². The Balaban J connectivity index is 2.34. The SMILES string of the molecule is CS(=O)(=O)[C@@H]1[C@@H](C(N)=S)[C@H]1c1ccc(Cl)cc1. The second-order valence-corrected chi connectivity index (χ2v) is 7.41. The molecule has 0 heterocycles. The Labute approximate surface area is 111 Å². The van der Waals surface area contributed by atoms with Crippen LogP contribution in [0.1, 0.15) is 11.5 Å². The van der Waals surface area contributed by atoms with E-state index in [1.54, 1.807) is 12.1 Å². The molecule has 0 aliphatic heterocycles. The summed E-state index contributed by atoms with van der Waals surface area (Å²) in [5.74, 6) is -0.374. The van der Waals surface area contributed by atoms with E-state index in [-0.39, 0.29) is 16.8 Å². The Morgan fingerprint density at radius 2 is 1.88 bits per heavy atom. The molecule has 1 fully saturated rings. The fourth-order valence-electron chi connectivity index (χ4n) is 2.24. The highest BCUT2D eigenvalue weighted by Gasteiger charge is 2.58. The van der Waals surface area contributed by atoms with Gasteiger partial charge in [0, 0.05) is 23.1 Å². The van der Waals surface area contributed by atoms with Crippen molar-refractivity contribution in [1.29, 1.82) is 0 Å². The quantitative estimate of drug-likeness (QED) is 0.861. The number of sulfone groups is 1. The van der Waals surface area contributed by atoms with Gasteiger partial charge in [0.1, 0.15) is 0 Å².